The van der Waals surface area contributed by atoms with Crippen molar-refractivity contribution >= 4 is 17.8 Å². The summed E-state index contributed by atoms with van der Waals surface area (Å²) in [7, 11) is 0. The van der Waals surface area contributed by atoms with Gasteiger partial charge in [0.2, 0.25) is 5.91 Å². The number of pyridine rings is 1. The van der Waals surface area contributed by atoms with Gasteiger partial charge in [-0.2, -0.15) is 26.3 Å². The number of carboxylic acids is 2. The number of alkyl halides is 6. The fourth-order valence-corrected chi connectivity index (χ4v) is 4.07. The Bertz CT molecular complexity index is 886. The molecule has 0 unspecified atom stereocenters. The Kier molecular flexibility index (Phi) is 9.51. The van der Waals surface area contributed by atoms with E-state index in [1.807, 2.05) is 12.1 Å². The Balaban J connectivity index is 0.000000271. The first kappa shape index (κ1) is 29.1. The maximum Gasteiger partial charge on any atom is 0.490 e. The van der Waals surface area contributed by atoms with Crippen LogP contribution in [0.4, 0.5) is 26.3 Å². The first-order chi connectivity index (χ1) is 16.7. The number of aromatic nitrogens is 1. The molecule has 1 aliphatic carbocycles. The molecular formula is C21H25F6N3O6. The lowest BCUT2D eigenvalue weighted by molar-refractivity contribution is -0.193. The van der Waals surface area contributed by atoms with Crippen LogP contribution in [0.1, 0.15) is 25.7 Å². The Hall–Kier alpha value is -3.10. The maximum atomic E-state index is 12.5. The summed E-state index contributed by atoms with van der Waals surface area (Å²) < 4.78 is 69.4. The smallest absolute Gasteiger partial charge is 0.490 e. The van der Waals surface area contributed by atoms with Crippen LogP contribution in [0, 0.1) is 11.3 Å². The van der Waals surface area contributed by atoms with Crippen LogP contribution >= 0.6 is 0 Å². The zero-order valence-electron chi connectivity index (χ0n) is 18.8. The highest BCUT2D eigenvalue weighted by Gasteiger charge is 2.55. The van der Waals surface area contributed by atoms with Crippen LogP contribution in [0.25, 0.3) is 0 Å². The number of halogens is 6. The van der Waals surface area contributed by atoms with Crippen LogP contribution < -0.4 is 10.1 Å². The number of nitrogens with zero attached hydrogens (tertiary/aromatic N) is 2. The minimum atomic E-state index is -5.08. The molecule has 1 saturated carbocycles. The third kappa shape index (κ3) is 7.70. The molecule has 4 rings (SSSR count). The summed E-state index contributed by atoms with van der Waals surface area (Å²) in [5.74, 6) is -4.25. The van der Waals surface area contributed by atoms with Gasteiger partial charge in [0.1, 0.15) is 5.75 Å². The fraction of sp³-hybridized carbons (Fsp3) is 0.619. The van der Waals surface area contributed by atoms with E-state index in [0.717, 1.165) is 31.8 Å². The van der Waals surface area contributed by atoms with Gasteiger partial charge in [-0.1, -0.05) is 6.42 Å². The van der Waals surface area contributed by atoms with Gasteiger partial charge in [0, 0.05) is 31.2 Å². The lowest BCUT2D eigenvalue weighted by atomic mass is 9.77. The molecule has 9 nitrogen and oxygen atoms in total. The van der Waals surface area contributed by atoms with Crippen molar-refractivity contribution in [2.75, 3.05) is 26.2 Å². The van der Waals surface area contributed by atoms with Crippen LogP contribution in [0.15, 0.2) is 24.5 Å². The Morgan fingerprint density at radius 2 is 1.72 bits per heavy atom. The van der Waals surface area contributed by atoms with Crippen LogP contribution in [0.5, 0.6) is 5.75 Å². The van der Waals surface area contributed by atoms with E-state index in [1.54, 1.807) is 12.4 Å². The van der Waals surface area contributed by atoms with Gasteiger partial charge in [0.15, 0.2) is 0 Å². The van der Waals surface area contributed by atoms with E-state index in [1.165, 1.54) is 19.3 Å². The monoisotopic (exact) mass is 529 g/mol. The third-order valence-corrected chi connectivity index (χ3v) is 6.23. The summed E-state index contributed by atoms with van der Waals surface area (Å²) in [6.07, 6.45) is -1.79. The molecule has 3 N–H and O–H groups in total. The Labute approximate surface area is 201 Å². The molecule has 3 fully saturated rings. The van der Waals surface area contributed by atoms with Gasteiger partial charge in [-0.15, -0.1) is 0 Å². The van der Waals surface area contributed by atoms with Gasteiger partial charge in [-0.3, -0.25) is 14.7 Å². The van der Waals surface area contributed by atoms with Gasteiger partial charge in [-0.05, 0) is 37.9 Å². The van der Waals surface area contributed by atoms with Crippen molar-refractivity contribution in [2.45, 2.75) is 44.1 Å². The van der Waals surface area contributed by atoms with Crippen molar-refractivity contribution in [3.8, 4) is 5.75 Å². The van der Waals surface area contributed by atoms with Gasteiger partial charge >= 0.3 is 24.3 Å². The van der Waals surface area contributed by atoms with Crippen LogP contribution in [-0.4, -0.2) is 82.6 Å². The Morgan fingerprint density at radius 1 is 1.14 bits per heavy atom. The highest BCUT2D eigenvalue weighted by atomic mass is 19.4. The normalized spacial score (nSPS) is 24.1. The van der Waals surface area contributed by atoms with Crippen molar-refractivity contribution in [1.82, 2.24) is 15.2 Å². The number of carboxylic acid groups (broad SMARTS) is 2. The van der Waals surface area contributed by atoms with Gasteiger partial charge in [-0.25, -0.2) is 9.59 Å². The third-order valence-electron chi connectivity index (χ3n) is 6.23. The van der Waals surface area contributed by atoms with Crippen LogP contribution in [-0.2, 0) is 14.4 Å². The van der Waals surface area contributed by atoms with Gasteiger partial charge in [0.05, 0.1) is 18.2 Å². The largest absolute Gasteiger partial charge is 0.492 e. The SMILES string of the molecule is O=C(O)C(F)(F)F.O=C(O)C(F)(F)F.O=C1NC[C@@H](COc2cccnc2)[C@]12CCN(C1CCC1)C2. The highest BCUT2D eigenvalue weighted by Crippen LogP contribution is 2.44. The molecule has 2 aliphatic heterocycles. The number of nitrogens with one attached hydrogen (secondary N) is 1. The fourth-order valence-electron chi connectivity index (χ4n) is 4.07. The molecule has 15 heteroatoms. The zero-order valence-corrected chi connectivity index (χ0v) is 18.8. The summed E-state index contributed by atoms with van der Waals surface area (Å²) in [6, 6.07) is 4.50. The molecule has 0 bridgehead atoms. The molecule has 2 atom stereocenters. The second-order valence-electron chi connectivity index (χ2n) is 8.47. The van der Waals surface area contributed by atoms with E-state index in [0.29, 0.717) is 12.6 Å². The van der Waals surface area contributed by atoms with Crippen molar-refractivity contribution in [3.63, 3.8) is 0 Å². The van der Waals surface area contributed by atoms with E-state index in [4.69, 9.17) is 24.5 Å². The molecule has 1 aromatic heterocycles. The average molecular weight is 529 g/mol. The molecule has 1 aromatic rings. The van der Waals surface area contributed by atoms with E-state index in [2.05, 4.69) is 15.2 Å². The number of ether oxygens (including phenoxy) is 1. The molecule has 0 radical (unpaired) electrons. The van der Waals surface area contributed by atoms with Crippen molar-refractivity contribution in [2.24, 2.45) is 11.3 Å². The number of carbonyl (C=O) groups excluding carboxylic acids is 1. The molecule has 36 heavy (non-hydrogen) atoms. The molecule has 0 aromatic carbocycles. The van der Waals surface area contributed by atoms with Crippen LogP contribution in [0.2, 0.25) is 0 Å². The average Bonchev–Trinajstić information content (AvgIpc) is 3.30. The molecule has 3 heterocycles. The molecule has 2 saturated heterocycles. The zero-order chi connectivity index (χ0) is 27.1. The standard InChI is InChI=1S/C17H23N3O2.2C2HF3O2/c21-16-17(6-8-20(12-17)14-3-1-4-14)13(9-19-16)11-22-15-5-2-7-18-10-15;2*3-2(4,5)1(6)7/h2,5,7,10,13-14H,1,3-4,6,8-9,11-12H2,(H,19,21);2*(H,6,7)/t13-,17+;;/m0../s1. The lowest BCUT2D eigenvalue weighted by Gasteiger charge is -2.36. The number of aliphatic carboxylic acids is 2. The van der Waals surface area contributed by atoms with Gasteiger partial charge < -0.3 is 20.3 Å². The molecule has 1 spiro atoms. The predicted molar refractivity (Wildman–Crippen MR) is 110 cm³/mol. The summed E-state index contributed by atoms with van der Waals surface area (Å²) in [5, 5.41) is 17.3. The van der Waals surface area contributed by atoms with Crippen molar-refractivity contribution in [1.29, 1.82) is 0 Å². The van der Waals surface area contributed by atoms with Crippen molar-refractivity contribution in [3.05, 3.63) is 24.5 Å². The minimum Gasteiger partial charge on any atom is -0.492 e. The summed E-state index contributed by atoms with van der Waals surface area (Å²) in [4.78, 5) is 36.9. The van der Waals surface area contributed by atoms with E-state index in [-0.39, 0.29) is 17.2 Å². The van der Waals surface area contributed by atoms with E-state index >= 15 is 0 Å². The molecular weight excluding hydrogens is 504 g/mol. The number of carbonyl (C=O) groups is 3. The van der Waals surface area contributed by atoms with E-state index < -0.39 is 24.3 Å². The molecule has 1 amide bonds. The summed E-state index contributed by atoms with van der Waals surface area (Å²) in [5.41, 5.74) is -0.238. The number of amides is 1. The summed E-state index contributed by atoms with van der Waals surface area (Å²) >= 11 is 0. The maximum absolute atomic E-state index is 12.5. The highest BCUT2D eigenvalue weighted by molar-refractivity contribution is 5.86. The molecule has 202 valence electrons. The number of hydrogen-bond acceptors (Lipinski definition) is 6. The second-order valence-corrected chi connectivity index (χ2v) is 8.47. The minimum absolute atomic E-state index is 0.231. The Morgan fingerprint density at radius 3 is 2.17 bits per heavy atom. The number of likely N-dealkylation sites (tertiary alicyclic amines) is 1. The molecule has 3 aliphatic rings. The topological polar surface area (TPSA) is 129 Å². The van der Waals surface area contributed by atoms with Crippen molar-refractivity contribution < 1.29 is 55.7 Å². The second kappa shape index (κ2) is 11.8. The number of rotatable bonds is 4. The first-order valence-corrected chi connectivity index (χ1v) is 10.8. The first-order valence-electron chi connectivity index (χ1n) is 10.8. The quantitative estimate of drug-likeness (QED) is 0.508. The summed E-state index contributed by atoms with van der Waals surface area (Å²) in [6.45, 7) is 3.28. The lowest BCUT2D eigenvalue weighted by Crippen LogP contribution is -2.44. The predicted octanol–water partition coefficient (Wildman–Crippen LogP) is 2.72. The van der Waals surface area contributed by atoms with Crippen LogP contribution in [0.3, 0.4) is 0 Å². The van der Waals surface area contributed by atoms with E-state index in [9.17, 15) is 31.1 Å². The van der Waals surface area contributed by atoms with Gasteiger partial charge in [0.25, 0.3) is 0 Å². The number of hydrogen-bond donors (Lipinski definition) is 3.